The summed E-state index contributed by atoms with van der Waals surface area (Å²) in [5.74, 6) is -0.225. The molecule has 0 unspecified atom stereocenters. The van der Waals surface area contributed by atoms with E-state index in [1.165, 1.54) is 12.0 Å². The molecule has 9 heteroatoms. The van der Waals surface area contributed by atoms with Gasteiger partial charge in [0, 0.05) is 19.2 Å². The Morgan fingerprint density at radius 2 is 1.83 bits per heavy atom. The molecule has 3 rings (SSSR count). The van der Waals surface area contributed by atoms with Crippen LogP contribution in [0.4, 0.5) is 13.2 Å². The van der Waals surface area contributed by atoms with Crippen molar-refractivity contribution in [3.63, 3.8) is 0 Å². The molecular weight excluding hydrogens is 387 g/mol. The summed E-state index contributed by atoms with van der Waals surface area (Å²) in [7, 11) is 1.47. The van der Waals surface area contributed by atoms with Crippen LogP contribution < -0.4 is 5.56 Å². The van der Waals surface area contributed by atoms with Crippen LogP contribution in [-0.2, 0) is 17.5 Å². The fraction of sp³-hybridized carbons (Fsp3) is 0.250. The molecule has 1 amide bonds. The topological polar surface area (TPSA) is 75.3 Å². The van der Waals surface area contributed by atoms with Gasteiger partial charge in [-0.2, -0.15) is 13.2 Å². The van der Waals surface area contributed by atoms with Crippen molar-refractivity contribution in [2.45, 2.75) is 12.7 Å². The molecule has 0 saturated carbocycles. The summed E-state index contributed by atoms with van der Waals surface area (Å²) in [5.41, 5.74) is -0.588. The van der Waals surface area contributed by atoms with E-state index < -0.39 is 17.6 Å². The van der Waals surface area contributed by atoms with Gasteiger partial charge in [-0.25, -0.2) is 4.98 Å². The van der Waals surface area contributed by atoms with Crippen LogP contribution >= 0.6 is 0 Å². The Hall–Kier alpha value is -3.20. The Kier molecular flexibility index (Phi) is 5.97. The second kappa shape index (κ2) is 8.44. The number of nitrogens with zero attached hydrogens (tertiary/aromatic N) is 2. The van der Waals surface area contributed by atoms with Crippen molar-refractivity contribution in [3.05, 3.63) is 75.8 Å². The number of nitrogens with one attached hydrogen (secondary N) is 1. The van der Waals surface area contributed by atoms with Crippen LogP contribution in [-0.4, -0.2) is 41.0 Å². The van der Waals surface area contributed by atoms with Gasteiger partial charge < -0.3 is 14.6 Å². The van der Waals surface area contributed by atoms with Gasteiger partial charge in [-0.15, -0.1) is 0 Å². The number of hydrogen-bond donors (Lipinski definition) is 1. The van der Waals surface area contributed by atoms with Gasteiger partial charge in [0.05, 0.1) is 29.6 Å². The number of hydrogen-bond acceptors (Lipinski definition) is 4. The van der Waals surface area contributed by atoms with E-state index in [4.69, 9.17) is 4.74 Å². The number of alkyl halides is 3. The number of aromatic amines is 1. The van der Waals surface area contributed by atoms with Gasteiger partial charge in [0.1, 0.15) is 5.82 Å². The fourth-order valence-corrected chi connectivity index (χ4v) is 2.83. The summed E-state index contributed by atoms with van der Waals surface area (Å²) < 4.78 is 43.3. The van der Waals surface area contributed by atoms with Crippen molar-refractivity contribution in [1.82, 2.24) is 14.9 Å². The molecule has 0 aliphatic carbocycles. The van der Waals surface area contributed by atoms with Gasteiger partial charge in [-0.05, 0) is 36.4 Å². The predicted molar refractivity (Wildman–Crippen MR) is 100 cm³/mol. The van der Waals surface area contributed by atoms with Crippen molar-refractivity contribution in [2.24, 2.45) is 0 Å². The molecule has 0 bridgehead atoms. The van der Waals surface area contributed by atoms with Crippen molar-refractivity contribution in [3.8, 4) is 0 Å². The maximum atomic E-state index is 12.8. The smallest absolute Gasteiger partial charge is 0.383 e. The lowest BCUT2D eigenvalue weighted by Gasteiger charge is -2.22. The van der Waals surface area contributed by atoms with Crippen LogP contribution in [0.5, 0.6) is 0 Å². The van der Waals surface area contributed by atoms with Gasteiger partial charge in [-0.3, -0.25) is 9.59 Å². The van der Waals surface area contributed by atoms with Crippen molar-refractivity contribution in [2.75, 3.05) is 20.3 Å². The third kappa shape index (κ3) is 4.80. The average molecular weight is 405 g/mol. The van der Waals surface area contributed by atoms with E-state index in [2.05, 4.69) is 9.97 Å². The van der Waals surface area contributed by atoms with Gasteiger partial charge in [0.2, 0.25) is 0 Å². The van der Waals surface area contributed by atoms with Crippen LogP contribution in [0.3, 0.4) is 0 Å². The number of carbonyl (C=O) groups is 1. The number of carbonyl (C=O) groups excluding carboxylic acids is 1. The van der Waals surface area contributed by atoms with Crippen LogP contribution in [0.15, 0.2) is 53.3 Å². The van der Waals surface area contributed by atoms with Crippen LogP contribution in [0.2, 0.25) is 0 Å². The molecule has 3 aromatic rings. The molecule has 1 heterocycles. The maximum Gasteiger partial charge on any atom is 0.416 e. The van der Waals surface area contributed by atoms with Gasteiger partial charge >= 0.3 is 6.18 Å². The number of methoxy groups -OCH3 is 1. The molecule has 29 heavy (non-hydrogen) atoms. The highest BCUT2D eigenvalue weighted by atomic mass is 19.4. The lowest BCUT2D eigenvalue weighted by atomic mass is 10.1. The number of benzene rings is 2. The minimum absolute atomic E-state index is 0.0245. The van der Waals surface area contributed by atoms with Gasteiger partial charge in [-0.1, -0.05) is 12.1 Å². The number of rotatable bonds is 6. The standard InChI is InChI=1S/C20H18F3N3O3/c1-29-11-10-26(19(28)13-6-8-14(9-7-13)20(21,22)23)12-17-24-16-5-3-2-4-15(16)18(27)25-17/h2-9H,10-12H2,1H3,(H,24,25,27). The second-order valence-corrected chi connectivity index (χ2v) is 6.32. The first kappa shape index (κ1) is 20.5. The molecule has 0 radical (unpaired) electrons. The summed E-state index contributed by atoms with van der Waals surface area (Å²) in [4.78, 5) is 33.4. The number of halogens is 3. The van der Waals surface area contributed by atoms with Crippen molar-refractivity contribution >= 4 is 16.8 Å². The van der Waals surface area contributed by atoms with Crippen molar-refractivity contribution in [1.29, 1.82) is 0 Å². The Labute approximate surface area is 163 Å². The highest BCUT2D eigenvalue weighted by molar-refractivity contribution is 5.94. The predicted octanol–water partition coefficient (Wildman–Crippen LogP) is 3.23. The number of para-hydroxylation sites is 1. The monoisotopic (exact) mass is 405 g/mol. The summed E-state index contributed by atoms with van der Waals surface area (Å²) in [6.45, 7) is 0.361. The molecule has 0 atom stereocenters. The lowest BCUT2D eigenvalue weighted by Crippen LogP contribution is -2.34. The number of H-pyrrole nitrogens is 1. The Balaban J connectivity index is 1.88. The van der Waals surface area contributed by atoms with E-state index >= 15 is 0 Å². The summed E-state index contributed by atoms with van der Waals surface area (Å²) in [6.07, 6.45) is -4.48. The zero-order valence-corrected chi connectivity index (χ0v) is 15.5. The van der Waals surface area contributed by atoms with E-state index in [0.29, 0.717) is 10.9 Å². The molecule has 0 fully saturated rings. The number of ether oxygens (including phenoxy) is 1. The SMILES string of the molecule is COCCN(Cc1nc2ccccc2c(=O)[nH]1)C(=O)c1ccc(C(F)(F)F)cc1. The highest BCUT2D eigenvalue weighted by Crippen LogP contribution is 2.29. The Morgan fingerprint density at radius 1 is 1.14 bits per heavy atom. The quantitative estimate of drug-likeness (QED) is 0.683. The molecule has 2 aromatic carbocycles. The molecule has 6 nitrogen and oxygen atoms in total. The van der Waals surface area contributed by atoms with Crippen LogP contribution in [0.25, 0.3) is 10.9 Å². The normalized spacial score (nSPS) is 11.6. The molecule has 0 spiro atoms. The Morgan fingerprint density at radius 3 is 2.48 bits per heavy atom. The molecule has 0 aliphatic rings. The third-order valence-corrected chi connectivity index (χ3v) is 4.31. The summed E-state index contributed by atoms with van der Waals surface area (Å²) >= 11 is 0. The number of aromatic nitrogens is 2. The molecule has 0 saturated heterocycles. The average Bonchev–Trinajstić information content (AvgIpc) is 2.70. The third-order valence-electron chi connectivity index (χ3n) is 4.31. The molecule has 1 N–H and O–H groups in total. The van der Waals surface area contributed by atoms with E-state index in [0.717, 1.165) is 24.3 Å². The molecule has 1 aromatic heterocycles. The van der Waals surface area contributed by atoms with E-state index in [1.807, 2.05) is 0 Å². The highest BCUT2D eigenvalue weighted by Gasteiger charge is 2.30. The molecule has 0 aliphatic heterocycles. The second-order valence-electron chi connectivity index (χ2n) is 6.32. The molecular formula is C20H18F3N3O3. The summed E-state index contributed by atoms with van der Waals surface area (Å²) in [6, 6.07) is 10.8. The van der Waals surface area contributed by atoms with E-state index in [1.54, 1.807) is 24.3 Å². The fourth-order valence-electron chi connectivity index (χ4n) is 2.83. The number of amides is 1. The number of fused-ring (bicyclic) bond motifs is 1. The minimum Gasteiger partial charge on any atom is -0.383 e. The lowest BCUT2D eigenvalue weighted by molar-refractivity contribution is -0.137. The molecule has 152 valence electrons. The Bertz CT molecular complexity index is 1060. The first-order valence-electron chi connectivity index (χ1n) is 8.73. The zero-order chi connectivity index (χ0) is 21.0. The van der Waals surface area contributed by atoms with Crippen molar-refractivity contribution < 1.29 is 22.7 Å². The largest absolute Gasteiger partial charge is 0.416 e. The van der Waals surface area contributed by atoms with Gasteiger partial charge in [0.15, 0.2) is 0 Å². The first-order chi connectivity index (χ1) is 13.8. The van der Waals surface area contributed by atoms with Crippen LogP contribution in [0.1, 0.15) is 21.7 Å². The summed E-state index contributed by atoms with van der Waals surface area (Å²) in [5, 5.41) is 0.425. The van der Waals surface area contributed by atoms with Gasteiger partial charge in [0.25, 0.3) is 11.5 Å². The zero-order valence-electron chi connectivity index (χ0n) is 15.5. The first-order valence-corrected chi connectivity index (χ1v) is 8.73. The van der Waals surface area contributed by atoms with E-state index in [9.17, 15) is 22.8 Å². The van der Waals surface area contributed by atoms with Crippen LogP contribution in [0, 0.1) is 0 Å². The van der Waals surface area contributed by atoms with E-state index in [-0.39, 0.29) is 36.6 Å². The minimum atomic E-state index is -4.48. The maximum absolute atomic E-state index is 12.8.